The second-order valence-corrected chi connectivity index (χ2v) is 2.95. The number of allylic oxidation sites excluding steroid dienone is 1. The molecule has 0 aromatic rings. The molecule has 6 heteroatoms. The molecule has 0 amide bonds. The van der Waals surface area contributed by atoms with Crippen molar-refractivity contribution in [3.05, 3.63) is 12.3 Å². The molecule has 5 N–H and O–H groups in total. The van der Waals surface area contributed by atoms with Crippen LogP contribution in [0.2, 0.25) is 0 Å². The second-order valence-electron chi connectivity index (χ2n) is 1.92. The quantitative estimate of drug-likeness (QED) is 0.462. The lowest BCUT2D eigenvalue weighted by atomic mass is 10.3. The molecule has 0 fully saturated rings. The summed E-state index contributed by atoms with van der Waals surface area (Å²) in [7, 11) is -4.64. The van der Waals surface area contributed by atoms with Crippen molar-refractivity contribution in [2.45, 2.75) is 19.8 Å². The van der Waals surface area contributed by atoms with Crippen LogP contribution in [0, 0.1) is 0 Å². The number of hydrogen-bond acceptors (Lipinski definition) is 2. The Hall–Kier alpha value is -0.350. The summed E-state index contributed by atoms with van der Waals surface area (Å²) in [5, 5.41) is 0. The molecule has 0 saturated carbocycles. The summed E-state index contributed by atoms with van der Waals surface area (Å²) in [5.74, 6) is 0. The molecular weight excluding hydrogens is 169 g/mol. The first kappa shape index (κ1) is 13.3. The lowest BCUT2D eigenvalue weighted by molar-refractivity contribution is 0.275. The van der Waals surface area contributed by atoms with E-state index in [1.165, 1.54) is 0 Å². The first-order valence-corrected chi connectivity index (χ1v) is 4.55. The fraction of sp³-hybridized carbons (Fsp3) is 0.600. The summed E-state index contributed by atoms with van der Waals surface area (Å²) in [5.41, 5.74) is 6.00. The highest BCUT2D eigenvalue weighted by Gasteiger charge is 2.00. The molecule has 0 rings (SSSR count). The molecule has 11 heavy (non-hydrogen) atoms. The molecule has 0 aliphatic heterocycles. The highest BCUT2D eigenvalue weighted by Crippen LogP contribution is 2.25. The maximum Gasteiger partial charge on any atom is 0.466 e. The maximum absolute atomic E-state index is 8.88. The van der Waals surface area contributed by atoms with Crippen LogP contribution in [-0.2, 0) is 4.57 Å². The lowest BCUT2D eigenvalue weighted by Crippen LogP contribution is -1.91. The van der Waals surface area contributed by atoms with Crippen LogP contribution in [0.15, 0.2) is 12.3 Å². The monoisotopic (exact) mass is 183 g/mol. The molecule has 0 unspecified atom stereocenters. The van der Waals surface area contributed by atoms with Crippen molar-refractivity contribution in [1.29, 1.82) is 0 Å². The second kappa shape index (κ2) is 6.37. The Morgan fingerprint density at radius 2 is 1.82 bits per heavy atom. The predicted octanol–water partition coefficient (Wildman–Crippen LogP) is 0.330. The Balaban J connectivity index is 0. The van der Waals surface area contributed by atoms with Gasteiger partial charge in [-0.2, -0.15) is 0 Å². The molecule has 5 nitrogen and oxygen atoms in total. The highest BCUT2D eigenvalue weighted by molar-refractivity contribution is 7.45. The third kappa shape index (κ3) is 80.4. The minimum absolute atomic E-state index is 0.789. The smallest absolute Gasteiger partial charge is 0.403 e. The van der Waals surface area contributed by atoms with Crippen LogP contribution in [0.3, 0.4) is 0 Å². The summed E-state index contributed by atoms with van der Waals surface area (Å²) in [4.78, 5) is 21.6. The molecule has 0 aromatic heterocycles. The predicted molar refractivity (Wildman–Crippen MR) is 42.5 cm³/mol. The van der Waals surface area contributed by atoms with Crippen LogP contribution in [-0.4, -0.2) is 14.7 Å². The van der Waals surface area contributed by atoms with Crippen molar-refractivity contribution in [3.63, 3.8) is 0 Å². The van der Waals surface area contributed by atoms with Crippen LogP contribution in [0.25, 0.3) is 0 Å². The van der Waals surface area contributed by atoms with Gasteiger partial charge in [0.05, 0.1) is 0 Å². The zero-order chi connectivity index (χ0) is 9.49. The minimum Gasteiger partial charge on any atom is -0.403 e. The van der Waals surface area contributed by atoms with E-state index in [-0.39, 0.29) is 0 Å². The van der Waals surface area contributed by atoms with Gasteiger partial charge >= 0.3 is 7.82 Å². The molecule has 0 aliphatic rings. The first-order chi connectivity index (χ1) is 4.77. The molecule has 0 aliphatic carbocycles. The van der Waals surface area contributed by atoms with Crippen molar-refractivity contribution in [2.24, 2.45) is 5.73 Å². The molecule has 0 radical (unpaired) electrons. The van der Waals surface area contributed by atoms with E-state index in [1.807, 2.05) is 0 Å². The van der Waals surface area contributed by atoms with Crippen molar-refractivity contribution in [1.82, 2.24) is 0 Å². The summed E-state index contributed by atoms with van der Waals surface area (Å²) >= 11 is 0. The van der Waals surface area contributed by atoms with Gasteiger partial charge in [0.25, 0.3) is 0 Å². The van der Waals surface area contributed by atoms with E-state index < -0.39 is 7.82 Å². The fourth-order valence-corrected chi connectivity index (χ4v) is 0.321. The summed E-state index contributed by atoms with van der Waals surface area (Å²) < 4.78 is 8.88. The van der Waals surface area contributed by atoms with Crippen molar-refractivity contribution in [3.8, 4) is 0 Å². The zero-order valence-corrected chi connectivity index (χ0v) is 7.29. The standard InChI is InChI=1S/C5H11N.H3O4P/c1-3-4-5(2)6;1-5(2,3)4/h2-4,6H2,1H3;(H3,1,2,3,4). The zero-order valence-electron chi connectivity index (χ0n) is 6.40. The van der Waals surface area contributed by atoms with Gasteiger partial charge in [-0.3, -0.25) is 0 Å². The Kier molecular flexibility index (Phi) is 7.67. The van der Waals surface area contributed by atoms with E-state index in [9.17, 15) is 0 Å². The largest absolute Gasteiger partial charge is 0.466 e. The summed E-state index contributed by atoms with van der Waals surface area (Å²) in [6.45, 7) is 5.60. The molecule has 0 spiro atoms. The molecule has 0 bridgehead atoms. The van der Waals surface area contributed by atoms with Crippen molar-refractivity contribution < 1.29 is 19.2 Å². The van der Waals surface area contributed by atoms with Crippen LogP contribution >= 0.6 is 7.82 Å². The van der Waals surface area contributed by atoms with Gasteiger partial charge in [0.2, 0.25) is 0 Å². The molecule has 0 aromatic carbocycles. The van der Waals surface area contributed by atoms with E-state index in [0.29, 0.717) is 0 Å². The molecular formula is C5H14NO4P. The third-order valence-electron chi connectivity index (χ3n) is 0.571. The van der Waals surface area contributed by atoms with Gasteiger partial charge in [0.1, 0.15) is 0 Å². The van der Waals surface area contributed by atoms with E-state index in [2.05, 4.69) is 13.5 Å². The SMILES string of the molecule is C=C(N)CCC.O=P(O)(O)O. The van der Waals surface area contributed by atoms with Gasteiger partial charge in [-0.05, 0) is 6.42 Å². The van der Waals surface area contributed by atoms with Crippen LogP contribution in [0.1, 0.15) is 19.8 Å². The van der Waals surface area contributed by atoms with Crippen LogP contribution < -0.4 is 5.73 Å². The average molecular weight is 183 g/mol. The molecule has 0 heterocycles. The minimum atomic E-state index is -4.64. The Labute approximate surface area is 65.8 Å². The number of hydrogen-bond donors (Lipinski definition) is 4. The number of rotatable bonds is 2. The number of nitrogens with two attached hydrogens (primary N) is 1. The summed E-state index contributed by atoms with van der Waals surface area (Å²) in [6, 6.07) is 0. The van der Waals surface area contributed by atoms with Gasteiger partial charge in [-0.25, -0.2) is 4.57 Å². The average Bonchev–Trinajstić information content (AvgIpc) is 1.58. The van der Waals surface area contributed by atoms with Crippen molar-refractivity contribution in [2.75, 3.05) is 0 Å². The van der Waals surface area contributed by atoms with Gasteiger partial charge in [-0.15, -0.1) is 0 Å². The first-order valence-electron chi connectivity index (χ1n) is 2.99. The van der Waals surface area contributed by atoms with Crippen LogP contribution in [0.4, 0.5) is 0 Å². The van der Waals surface area contributed by atoms with E-state index >= 15 is 0 Å². The number of phosphoric acid groups is 1. The Morgan fingerprint density at radius 3 is 1.82 bits per heavy atom. The van der Waals surface area contributed by atoms with Gasteiger partial charge in [0.15, 0.2) is 0 Å². The maximum atomic E-state index is 8.88. The Bertz CT molecular complexity index is 144. The topological polar surface area (TPSA) is 104 Å². The van der Waals surface area contributed by atoms with Gasteiger partial charge in [-0.1, -0.05) is 19.9 Å². The Morgan fingerprint density at radius 1 is 1.55 bits per heavy atom. The van der Waals surface area contributed by atoms with Gasteiger partial charge in [0, 0.05) is 5.70 Å². The van der Waals surface area contributed by atoms with E-state index in [4.69, 9.17) is 25.0 Å². The molecule has 0 saturated heterocycles. The highest BCUT2D eigenvalue weighted by atomic mass is 31.2. The van der Waals surface area contributed by atoms with E-state index in [0.717, 1.165) is 18.5 Å². The lowest BCUT2D eigenvalue weighted by Gasteiger charge is -1.88. The summed E-state index contributed by atoms with van der Waals surface area (Å²) in [6.07, 6.45) is 2.06. The van der Waals surface area contributed by atoms with Crippen molar-refractivity contribution >= 4 is 7.82 Å². The van der Waals surface area contributed by atoms with Crippen LogP contribution in [0.5, 0.6) is 0 Å². The normalized spacial score (nSPS) is 9.82. The van der Waals surface area contributed by atoms with E-state index in [1.54, 1.807) is 0 Å². The molecule has 68 valence electrons. The van der Waals surface area contributed by atoms with Gasteiger partial charge < -0.3 is 20.4 Å². The fourth-order valence-electron chi connectivity index (χ4n) is 0.321. The third-order valence-corrected chi connectivity index (χ3v) is 0.571. The molecule has 0 atom stereocenters.